The van der Waals surface area contributed by atoms with Crippen LogP contribution in [-0.2, 0) is 4.79 Å². The fourth-order valence-electron chi connectivity index (χ4n) is 2.06. The molecule has 1 aliphatic carbocycles. The summed E-state index contributed by atoms with van der Waals surface area (Å²) in [6.07, 6.45) is 1.96. The lowest BCUT2D eigenvalue weighted by molar-refractivity contribution is -0.117. The van der Waals surface area contributed by atoms with Gasteiger partial charge >= 0.3 is 0 Å². The Morgan fingerprint density at radius 3 is 2.48 bits per heavy atom. The number of rotatable bonds is 7. The Hall–Kier alpha value is -1.88. The maximum absolute atomic E-state index is 12.0. The Bertz CT molecular complexity index is 495. The van der Waals surface area contributed by atoms with Crippen LogP contribution in [0, 0.1) is 5.92 Å². The summed E-state index contributed by atoms with van der Waals surface area (Å²) in [5.74, 6) is 0.159. The fraction of sp³-hybridized carbons (Fsp3) is 0.500. The molecule has 0 aromatic heterocycles. The monoisotopic (exact) mass is 289 g/mol. The fourth-order valence-corrected chi connectivity index (χ4v) is 2.06. The molecule has 0 saturated heterocycles. The van der Waals surface area contributed by atoms with E-state index in [-0.39, 0.29) is 23.8 Å². The molecule has 1 aliphatic rings. The van der Waals surface area contributed by atoms with Gasteiger partial charge in [0.1, 0.15) is 0 Å². The van der Waals surface area contributed by atoms with E-state index in [0.717, 1.165) is 25.1 Å². The quantitative estimate of drug-likeness (QED) is 0.716. The van der Waals surface area contributed by atoms with E-state index in [1.165, 1.54) is 0 Å². The first-order valence-electron chi connectivity index (χ1n) is 7.52. The molecule has 3 N–H and O–H groups in total. The van der Waals surface area contributed by atoms with Crippen LogP contribution in [0.25, 0.3) is 0 Å². The number of anilines is 1. The largest absolute Gasteiger partial charge is 0.350 e. The lowest BCUT2D eigenvalue weighted by Crippen LogP contribution is -2.38. The predicted molar refractivity (Wildman–Crippen MR) is 83.3 cm³/mol. The van der Waals surface area contributed by atoms with Crippen LogP contribution in [0.1, 0.15) is 37.0 Å². The molecule has 21 heavy (non-hydrogen) atoms. The number of carbonyl (C=O) groups is 2. The van der Waals surface area contributed by atoms with Crippen LogP contribution in [0.5, 0.6) is 0 Å². The molecule has 1 atom stereocenters. The predicted octanol–water partition coefficient (Wildman–Crippen LogP) is 1.76. The molecule has 114 valence electrons. The van der Waals surface area contributed by atoms with E-state index in [9.17, 15) is 9.59 Å². The molecule has 1 aromatic rings. The third-order valence-corrected chi connectivity index (χ3v) is 3.48. The lowest BCUT2D eigenvalue weighted by atomic mass is 10.2. The van der Waals surface area contributed by atoms with Gasteiger partial charge in [0.2, 0.25) is 5.91 Å². The van der Waals surface area contributed by atoms with Crippen LogP contribution in [0.4, 0.5) is 5.69 Å². The van der Waals surface area contributed by atoms with Crippen molar-refractivity contribution < 1.29 is 9.59 Å². The molecular formula is C16H23N3O2. The van der Waals surface area contributed by atoms with Crippen molar-refractivity contribution in [2.45, 2.75) is 32.7 Å². The van der Waals surface area contributed by atoms with Crippen molar-refractivity contribution in [1.29, 1.82) is 0 Å². The molecule has 0 unspecified atom stereocenters. The van der Waals surface area contributed by atoms with E-state index in [1.807, 2.05) is 13.8 Å². The average Bonchev–Trinajstić information content (AvgIpc) is 3.30. The third-order valence-electron chi connectivity index (χ3n) is 3.48. The first kappa shape index (κ1) is 15.5. The Balaban J connectivity index is 1.82. The normalized spacial score (nSPS) is 15.3. The highest BCUT2D eigenvalue weighted by atomic mass is 16.2. The Labute approximate surface area is 125 Å². The summed E-state index contributed by atoms with van der Waals surface area (Å²) in [5.41, 5.74) is 1.34. The number of hydrogen-bond acceptors (Lipinski definition) is 3. The average molecular weight is 289 g/mol. The van der Waals surface area contributed by atoms with E-state index >= 15 is 0 Å². The van der Waals surface area contributed by atoms with E-state index in [0.29, 0.717) is 12.1 Å². The van der Waals surface area contributed by atoms with Crippen molar-refractivity contribution in [3.63, 3.8) is 0 Å². The van der Waals surface area contributed by atoms with Crippen LogP contribution in [0.2, 0.25) is 0 Å². The molecule has 0 bridgehead atoms. The van der Waals surface area contributed by atoms with Gasteiger partial charge in [-0.3, -0.25) is 9.59 Å². The van der Waals surface area contributed by atoms with Gasteiger partial charge in [-0.05, 0) is 50.6 Å². The second kappa shape index (κ2) is 7.22. The van der Waals surface area contributed by atoms with Crippen molar-refractivity contribution in [3.05, 3.63) is 29.8 Å². The molecule has 1 fully saturated rings. The van der Waals surface area contributed by atoms with Gasteiger partial charge in [0.15, 0.2) is 0 Å². The summed E-state index contributed by atoms with van der Waals surface area (Å²) in [7, 11) is 0. The summed E-state index contributed by atoms with van der Waals surface area (Å²) in [4.78, 5) is 23.6. The van der Waals surface area contributed by atoms with E-state index in [1.54, 1.807) is 24.3 Å². The van der Waals surface area contributed by atoms with Crippen LogP contribution in [0.3, 0.4) is 0 Å². The second-order valence-electron chi connectivity index (χ2n) is 5.51. The van der Waals surface area contributed by atoms with Crippen LogP contribution >= 0.6 is 0 Å². The summed E-state index contributed by atoms with van der Waals surface area (Å²) in [5, 5.41) is 8.98. The van der Waals surface area contributed by atoms with E-state index in [4.69, 9.17) is 0 Å². The topological polar surface area (TPSA) is 70.2 Å². The first-order valence-corrected chi connectivity index (χ1v) is 7.52. The third kappa shape index (κ3) is 4.86. The SMILES string of the molecule is CCN[C@H](C)CNC(=O)c1ccc(NC(=O)C2CC2)cc1. The molecule has 0 aliphatic heterocycles. The molecule has 0 radical (unpaired) electrons. The molecule has 1 saturated carbocycles. The number of carbonyl (C=O) groups excluding carboxylic acids is 2. The number of nitrogens with one attached hydrogen (secondary N) is 3. The zero-order valence-electron chi connectivity index (χ0n) is 12.6. The summed E-state index contributed by atoms with van der Waals surface area (Å²) in [6.45, 7) is 5.53. The summed E-state index contributed by atoms with van der Waals surface area (Å²) < 4.78 is 0. The van der Waals surface area contributed by atoms with E-state index < -0.39 is 0 Å². The summed E-state index contributed by atoms with van der Waals surface area (Å²) in [6, 6.07) is 7.24. The van der Waals surface area contributed by atoms with Crippen molar-refractivity contribution in [3.8, 4) is 0 Å². The number of hydrogen-bond donors (Lipinski definition) is 3. The zero-order valence-corrected chi connectivity index (χ0v) is 12.6. The van der Waals surface area contributed by atoms with Crippen molar-refractivity contribution >= 4 is 17.5 Å². The van der Waals surface area contributed by atoms with Gasteiger partial charge in [-0.15, -0.1) is 0 Å². The van der Waals surface area contributed by atoms with Gasteiger partial charge in [-0.25, -0.2) is 0 Å². The smallest absolute Gasteiger partial charge is 0.251 e. The zero-order chi connectivity index (χ0) is 15.2. The van der Waals surface area contributed by atoms with Gasteiger partial charge in [0.25, 0.3) is 5.91 Å². The lowest BCUT2D eigenvalue weighted by Gasteiger charge is -2.13. The maximum atomic E-state index is 12.0. The maximum Gasteiger partial charge on any atom is 0.251 e. The molecule has 5 nitrogen and oxygen atoms in total. The molecule has 5 heteroatoms. The molecular weight excluding hydrogens is 266 g/mol. The van der Waals surface area contributed by atoms with E-state index in [2.05, 4.69) is 16.0 Å². The minimum atomic E-state index is -0.0974. The van der Waals surface area contributed by atoms with Crippen LogP contribution in [-0.4, -0.2) is 30.9 Å². The van der Waals surface area contributed by atoms with Crippen LogP contribution < -0.4 is 16.0 Å². The molecule has 2 amide bonds. The van der Waals surface area contributed by atoms with Crippen molar-refractivity contribution in [1.82, 2.24) is 10.6 Å². The second-order valence-corrected chi connectivity index (χ2v) is 5.51. The van der Waals surface area contributed by atoms with Gasteiger partial charge in [-0.2, -0.15) is 0 Å². The Morgan fingerprint density at radius 2 is 1.90 bits per heavy atom. The van der Waals surface area contributed by atoms with Gasteiger partial charge in [-0.1, -0.05) is 6.92 Å². The van der Waals surface area contributed by atoms with Crippen LogP contribution in [0.15, 0.2) is 24.3 Å². The van der Waals surface area contributed by atoms with Gasteiger partial charge < -0.3 is 16.0 Å². The molecule has 1 aromatic carbocycles. The van der Waals surface area contributed by atoms with Crippen molar-refractivity contribution in [2.75, 3.05) is 18.4 Å². The van der Waals surface area contributed by atoms with Gasteiger partial charge in [0, 0.05) is 29.8 Å². The Morgan fingerprint density at radius 1 is 1.24 bits per heavy atom. The molecule has 2 rings (SSSR count). The van der Waals surface area contributed by atoms with Crippen molar-refractivity contribution in [2.24, 2.45) is 5.92 Å². The Kier molecular flexibility index (Phi) is 5.33. The number of benzene rings is 1. The highest BCUT2D eigenvalue weighted by Gasteiger charge is 2.29. The standard InChI is InChI=1S/C16H23N3O2/c1-3-17-11(2)10-18-15(20)12-6-8-14(9-7-12)19-16(21)13-4-5-13/h6-9,11,13,17H,3-5,10H2,1-2H3,(H,18,20)(H,19,21)/t11-/m1/s1. The highest BCUT2D eigenvalue weighted by Crippen LogP contribution is 2.30. The minimum Gasteiger partial charge on any atom is -0.350 e. The minimum absolute atomic E-state index is 0.0756. The highest BCUT2D eigenvalue weighted by molar-refractivity contribution is 5.96. The van der Waals surface area contributed by atoms with Gasteiger partial charge in [0.05, 0.1) is 0 Å². The summed E-state index contributed by atoms with van der Waals surface area (Å²) >= 11 is 0. The molecule has 0 heterocycles. The molecule has 0 spiro atoms. The number of likely N-dealkylation sites (N-methyl/N-ethyl adjacent to an activating group) is 1. The first-order chi connectivity index (χ1) is 10.1. The number of amides is 2.